The molecule has 2 aliphatic rings. The van der Waals surface area contributed by atoms with Gasteiger partial charge < -0.3 is 16.0 Å². The van der Waals surface area contributed by atoms with Crippen molar-refractivity contribution in [3.05, 3.63) is 16.1 Å². The van der Waals surface area contributed by atoms with Crippen molar-refractivity contribution < 1.29 is 4.79 Å². The lowest BCUT2D eigenvalue weighted by molar-refractivity contribution is 0.0904. The van der Waals surface area contributed by atoms with Gasteiger partial charge in [0, 0.05) is 37.1 Å². The maximum absolute atomic E-state index is 12.0. The molecule has 104 valence electrons. The molecule has 0 aromatic carbocycles. The van der Waals surface area contributed by atoms with Crippen LogP contribution in [-0.4, -0.2) is 41.0 Å². The Labute approximate surface area is 117 Å². The first-order valence-electron chi connectivity index (χ1n) is 6.95. The fraction of sp³-hybridized carbons (Fsp3) is 0.692. The van der Waals surface area contributed by atoms with Crippen molar-refractivity contribution in [2.24, 2.45) is 5.73 Å². The lowest BCUT2D eigenvalue weighted by atomic mass is 10.0. The van der Waals surface area contributed by atoms with Gasteiger partial charge in [0.2, 0.25) is 0 Å². The summed E-state index contributed by atoms with van der Waals surface area (Å²) in [6.45, 7) is 2.62. The molecule has 1 aliphatic heterocycles. The Morgan fingerprint density at radius 1 is 1.42 bits per heavy atom. The molecule has 0 spiro atoms. The molecule has 1 aliphatic carbocycles. The minimum atomic E-state index is -0.0548. The molecule has 0 atom stereocenters. The number of hydrogen-bond donors (Lipinski definition) is 2. The van der Waals surface area contributed by atoms with E-state index in [1.165, 1.54) is 24.2 Å². The maximum atomic E-state index is 12.0. The number of thiazole rings is 1. The number of piperidine rings is 1. The number of nitrogens with zero attached hydrogens (tertiary/aromatic N) is 2. The number of likely N-dealkylation sites (tertiary alicyclic amines) is 1. The zero-order valence-electron chi connectivity index (χ0n) is 11.0. The van der Waals surface area contributed by atoms with Gasteiger partial charge in [0.05, 0.1) is 0 Å². The summed E-state index contributed by atoms with van der Waals surface area (Å²) in [6, 6.07) is 1.13. The molecule has 0 unspecified atom stereocenters. The number of nitrogens with one attached hydrogen (secondary N) is 1. The number of amides is 1. The van der Waals surface area contributed by atoms with Crippen LogP contribution in [0, 0.1) is 0 Å². The van der Waals surface area contributed by atoms with Crippen molar-refractivity contribution in [1.82, 2.24) is 15.2 Å². The molecule has 1 saturated heterocycles. The van der Waals surface area contributed by atoms with E-state index in [0.29, 0.717) is 18.3 Å². The predicted octanol–water partition coefficient (Wildman–Crippen LogP) is 0.958. The minimum absolute atomic E-state index is 0.0548. The monoisotopic (exact) mass is 280 g/mol. The van der Waals surface area contributed by atoms with Crippen LogP contribution < -0.4 is 11.1 Å². The molecule has 5 nitrogen and oxygen atoms in total. The minimum Gasteiger partial charge on any atom is -0.348 e. The number of carbonyl (C=O) groups excluding carboxylic acids is 1. The Hall–Kier alpha value is -0.980. The second kappa shape index (κ2) is 5.56. The second-order valence-corrected chi connectivity index (χ2v) is 6.29. The smallest absolute Gasteiger partial charge is 0.270 e. The molecular weight excluding hydrogens is 260 g/mol. The fourth-order valence-electron chi connectivity index (χ4n) is 2.62. The van der Waals surface area contributed by atoms with Gasteiger partial charge in [0.15, 0.2) is 0 Å². The average Bonchev–Trinajstić information content (AvgIpc) is 3.17. The van der Waals surface area contributed by atoms with Crippen LogP contribution in [0.1, 0.15) is 41.2 Å². The van der Waals surface area contributed by atoms with Crippen LogP contribution in [0.2, 0.25) is 0 Å². The number of aromatic nitrogens is 1. The molecule has 1 aromatic rings. The van der Waals surface area contributed by atoms with E-state index in [0.717, 1.165) is 37.0 Å². The van der Waals surface area contributed by atoms with Gasteiger partial charge in [0.1, 0.15) is 10.7 Å². The summed E-state index contributed by atoms with van der Waals surface area (Å²) in [4.78, 5) is 18.8. The highest BCUT2D eigenvalue weighted by Gasteiger charge is 2.32. The van der Waals surface area contributed by atoms with Gasteiger partial charge in [-0.1, -0.05) is 0 Å². The number of nitrogens with two attached hydrogens (primary N) is 1. The van der Waals surface area contributed by atoms with Crippen LogP contribution in [0.15, 0.2) is 5.38 Å². The van der Waals surface area contributed by atoms with Gasteiger partial charge in [0.25, 0.3) is 5.91 Å². The first kappa shape index (κ1) is 13.0. The zero-order chi connectivity index (χ0) is 13.2. The summed E-state index contributed by atoms with van der Waals surface area (Å²) in [5, 5.41) is 5.69. The Morgan fingerprint density at radius 3 is 2.74 bits per heavy atom. The summed E-state index contributed by atoms with van der Waals surface area (Å²) < 4.78 is 0. The third-order valence-electron chi connectivity index (χ3n) is 3.89. The lowest BCUT2D eigenvalue weighted by Crippen LogP contribution is -2.45. The highest BCUT2D eigenvalue weighted by molar-refractivity contribution is 7.09. The normalized spacial score (nSPS) is 21.5. The molecule has 3 N–H and O–H groups in total. The number of rotatable bonds is 4. The van der Waals surface area contributed by atoms with Crippen LogP contribution in [0.25, 0.3) is 0 Å². The van der Waals surface area contributed by atoms with E-state index in [1.54, 1.807) is 5.38 Å². The van der Waals surface area contributed by atoms with Gasteiger partial charge in [-0.25, -0.2) is 4.98 Å². The summed E-state index contributed by atoms with van der Waals surface area (Å²) in [5.74, 6) is -0.0548. The van der Waals surface area contributed by atoms with Crippen LogP contribution in [0.4, 0.5) is 0 Å². The molecule has 6 heteroatoms. The number of carbonyl (C=O) groups is 1. The standard InChI is InChI=1S/C13H20N4OS/c14-7-12-16-11(8-19-12)13(18)15-9-3-5-17(6-4-9)10-1-2-10/h8-10H,1-7,14H2,(H,15,18). The fourth-order valence-corrected chi connectivity index (χ4v) is 3.27. The topological polar surface area (TPSA) is 71.2 Å². The van der Waals surface area contributed by atoms with E-state index in [4.69, 9.17) is 5.73 Å². The summed E-state index contributed by atoms with van der Waals surface area (Å²) in [5.41, 5.74) is 6.02. The van der Waals surface area contributed by atoms with Crippen molar-refractivity contribution in [3.8, 4) is 0 Å². The molecule has 3 rings (SSSR count). The molecule has 1 aromatic heterocycles. The maximum Gasteiger partial charge on any atom is 0.270 e. The van der Waals surface area contributed by atoms with Crippen molar-refractivity contribution in [2.45, 2.75) is 44.3 Å². The highest BCUT2D eigenvalue weighted by Crippen LogP contribution is 2.29. The first-order valence-corrected chi connectivity index (χ1v) is 7.83. The zero-order valence-corrected chi connectivity index (χ0v) is 11.8. The Kier molecular flexibility index (Phi) is 3.81. The molecule has 1 amide bonds. The Balaban J connectivity index is 1.49. The summed E-state index contributed by atoms with van der Waals surface area (Å²) >= 11 is 1.45. The lowest BCUT2D eigenvalue weighted by Gasteiger charge is -2.32. The summed E-state index contributed by atoms with van der Waals surface area (Å²) in [6.07, 6.45) is 4.82. The SMILES string of the molecule is NCc1nc(C(=O)NC2CCN(C3CC3)CC2)cs1. The third kappa shape index (κ3) is 3.13. The van der Waals surface area contributed by atoms with Gasteiger partial charge in [-0.3, -0.25) is 4.79 Å². The van der Waals surface area contributed by atoms with E-state index in [-0.39, 0.29) is 5.91 Å². The Bertz CT molecular complexity index is 449. The largest absolute Gasteiger partial charge is 0.348 e. The van der Waals surface area contributed by atoms with E-state index < -0.39 is 0 Å². The van der Waals surface area contributed by atoms with Crippen molar-refractivity contribution in [1.29, 1.82) is 0 Å². The highest BCUT2D eigenvalue weighted by atomic mass is 32.1. The third-order valence-corrected chi connectivity index (χ3v) is 4.76. The predicted molar refractivity (Wildman–Crippen MR) is 75.1 cm³/mol. The van der Waals surface area contributed by atoms with Crippen LogP contribution in [0.3, 0.4) is 0 Å². The molecular formula is C13H20N4OS. The molecule has 2 heterocycles. The molecule has 19 heavy (non-hydrogen) atoms. The van der Waals surface area contributed by atoms with Crippen LogP contribution in [-0.2, 0) is 6.54 Å². The van der Waals surface area contributed by atoms with Crippen molar-refractivity contribution >= 4 is 17.2 Å². The van der Waals surface area contributed by atoms with E-state index >= 15 is 0 Å². The summed E-state index contributed by atoms with van der Waals surface area (Å²) in [7, 11) is 0. The second-order valence-electron chi connectivity index (χ2n) is 5.35. The quantitative estimate of drug-likeness (QED) is 0.862. The first-order chi connectivity index (χ1) is 9.26. The van der Waals surface area contributed by atoms with Gasteiger partial charge in [-0.2, -0.15) is 0 Å². The van der Waals surface area contributed by atoms with Crippen molar-refractivity contribution in [2.75, 3.05) is 13.1 Å². The van der Waals surface area contributed by atoms with Gasteiger partial charge in [-0.05, 0) is 25.7 Å². The van der Waals surface area contributed by atoms with E-state index in [1.807, 2.05) is 0 Å². The van der Waals surface area contributed by atoms with E-state index in [2.05, 4.69) is 15.2 Å². The molecule has 0 bridgehead atoms. The van der Waals surface area contributed by atoms with Crippen LogP contribution >= 0.6 is 11.3 Å². The van der Waals surface area contributed by atoms with Gasteiger partial charge in [-0.15, -0.1) is 11.3 Å². The molecule has 2 fully saturated rings. The number of hydrogen-bond acceptors (Lipinski definition) is 5. The van der Waals surface area contributed by atoms with Crippen LogP contribution in [0.5, 0.6) is 0 Å². The van der Waals surface area contributed by atoms with Gasteiger partial charge >= 0.3 is 0 Å². The molecule has 1 saturated carbocycles. The Morgan fingerprint density at radius 2 is 2.16 bits per heavy atom. The average molecular weight is 280 g/mol. The van der Waals surface area contributed by atoms with E-state index in [9.17, 15) is 4.79 Å². The van der Waals surface area contributed by atoms with Crippen molar-refractivity contribution in [3.63, 3.8) is 0 Å². The molecule has 0 radical (unpaired) electrons.